The molecule has 1 unspecified atom stereocenters. The summed E-state index contributed by atoms with van der Waals surface area (Å²) in [6.07, 6.45) is 1.91. The van der Waals surface area contributed by atoms with Gasteiger partial charge in [-0.05, 0) is 11.6 Å². The fourth-order valence-corrected chi connectivity index (χ4v) is 3.02. The first-order valence-electron chi connectivity index (χ1n) is 8.54. The highest BCUT2D eigenvalue weighted by molar-refractivity contribution is 6.33. The number of aromatic amines is 1. The molecule has 0 bridgehead atoms. The van der Waals surface area contributed by atoms with Gasteiger partial charge in [0.05, 0.1) is 0 Å². The molecule has 0 spiro atoms. The number of nitrogens with zero attached hydrogens (tertiary/aromatic N) is 3. The Morgan fingerprint density at radius 1 is 1.25 bits per heavy atom. The smallest absolute Gasteiger partial charge is 0.272 e. The Bertz CT molecular complexity index is 1020. The average molecular weight is 398 g/mol. The molecule has 1 aromatic carbocycles. The summed E-state index contributed by atoms with van der Waals surface area (Å²) in [5.74, 6) is -0.480. The second-order valence-electron chi connectivity index (χ2n) is 6.23. The Hall–Kier alpha value is -3.46. The largest absolute Gasteiger partial charge is 0.366 e. The van der Waals surface area contributed by atoms with E-state index in [4.69, 9.17) is 11.6 Å². The van der Waals surface area contributed by atoms with Crippen LogP contribution in [0.1, 0.15) is 21.7 Å². The number of fused-ring (bicyclic) bond motifs is 1. The van der Waals surface area contributed by atoms with E-state index in [1.807, 2.05) is 30.3 Å². The summed E-state index contributed by atoms with van der Waals surface area (Å²) >= 11 is 5.99. The number of hydrogen-bond acceptors (Lipinski definition) is 6. The van der Waals surface area contributed by atoms with Crippen LogP contribution in [0.2, 0.25) is 5.15 Å². The van der Waals surface area contributed by atoms with Crippen LogP contribution >= 0.6 is 11.6 Å². The minimum absolute atomic E-state index is 0.121. The Morgan fingerprint density at radius 2 is 2.07 bits per heavy atom. The second kappa shape index (κ2) is 7.65. The summed E-state index contributed by atoms with van der Waals surface area (Å²) in [6, 6.07) is 10.7. The predicted octanol–water partition coefficient (Wildman–Crippen LogP) is 1.61. The third-order valence-electron chi connectivity index (χ3n) is 4.25. The average Bonchev–Trinajstić information content (AvgIpc) is 3.10. The number of nitrogens with one attached hydrogen (secondary N) is 4. The molecular weight excluding hydrogens is 382 g/mol. The summed E-state index contributed by atoms with van der Waals surface area (Å²) in [6.45, 7) is 0.152. The Morgan fingerprint density at radius 3 is 2.89 bits per heavy atom. The van der Waals surface area contributed by atoms with Crippen molar-refractivity contribution >= 4 is 34.9 Å². The molecule has 1 aliphatic heterocycles. The van der Waals surface area contributed by atoms with E-state index in [0.717, 1.165) is 11.3 Å². The zero-order valence-corrected chi connectivity index (χ0v) is 15.3. The van der Waals surface area contributed by atoms with E-state index < -0.39 is 17.9 Å². The standard InChI is InChI=1S/C18H16ClN7O2/c19-15-14-16(22-9-21-15)20-8-13(18(28)24-14)23-17(27)12-7-11(25-26-12)6-10-4-2-1-3-5-10/h1-5,7,9,13H,6,8H2,(H,23,27)(H,24,28)(H,25,26)(H,20,21,22). The zero-order valence-electron chi connectivity index (χ0n) is 14.6. The molecule has 3 aromatic rings. The van der Waals surface area contributed by atoms with Crippen LogP contribution in [-0.2, 0) is 11.2 Å². The van der Waals surface area contributed by atoms with Crippen molar-refractivity contribution in [3.05, 3.63) is 64.8 Å². The van der Waals surface area contributed by atoms with Crippen molar-refractivity contribution in [2.75, 3.05) is 17.2 Å². The number of anilines is 2. The molecule has 142 valence electrons. The molecule has 3 heterocycles. The van der Waals surface area contributed by atoms with Crippen molar-refractivity contribution in [3.63, 3.8) is 0 Å². The maximum Gasteiger partial charge on any atom is 0.272 e. The van der Waals surface area contributed by atoms with Crippen LogP contribution in [0.15, 0.2) is 42.7 Å². The molecule has 0 fully saturated rings. The second-order valence-corrected chi connectivity index (χ2v) is 6.58. The summed E-state index contributed by atoms with van der Waals surface area (Å²) < 4.78 is 0. The van der Waals surface area contributed by atoms with Gasteiger partial charge in [0.15, 0.2) is 11.0 Å². The quantitative estimate of drug-likeness (QED) is 0.496. The van der Waals surface area contributed by atoms with Crippen LogP contribution in [0.4, 0.5) is 11.5 Å². The van der Waals surface area contributed by atoms with Crippen molar-refractivity contribution in [2.24, 2.45) is 0 Å². The minimum Gasteiger partial charge on any atom is -0.366 e. The van der Waals surface area contributed by atoms with Crippen LogP contribution in [0.25, 0.3) is 0 Å². The first-order chi connectivity index (χ1) is 13.6. The Kier molecular flexibility index (Phi) is 4.90. The maximum absolute atomic E-state index is 12.5. The maximum atomic E-state index is 12.5. The highest BCUT2D eigenvalue weighted by atomic mass is 35.5. The predicted molar refractivity (Wildman–Crippen MR) is 103 cm³/mol. The monoisotopic (exact) mass is 397 g/mol. The molecule has 2 amide bonds. The molecule has 1 atom stereocenters. The van der Waals surface area contributed by atoms with E-state index in [1.54, 1.807) is 6.07 Å². The number of aromatic nitrogens is 4. The van der Waals surface area contributed by atoms with Gasteiger partial charge in [-0.2, -0.15) is 5.10 Å². The molecule has 0 aliphatic carbocycles. The third-order valence-corrected chi connectivity index (χ3v) is 4.53. The SMILES string of the molecule is O=C(NC1CNc2ncnc(Cl)c2NC1=O)c1cc(Cc2ccccc2)[nH]n1. The van der Waals surface area contributed by atoms with Gasteiger partial charge in [-0.15, -0.1) is 0 Å². The number of carbonyl (C=O) groups is 2. The fourth-order valence-electron chi connectivity index (χ4n) is 2.84. The molecule has 1 aliphatic rings. The van der Waals surface area contributed by atoms with Gasteiger partial charge >= 0.3 is 0 Å². The molecule has 0 saturated heterocycles. The lowest BCUT2D eigenvalue weighted by Gasteiger charge is -2.14. The van der Waals surface area contributed by atoms with Crippen molar-refractivity contribution in [3.8, 4) is 0 Å². The zero-order chi connectivity index (χ0) is 19.5. The number of amides is 2. The highest BCUT2D eigenvalue weighted by Gasteiger charge is 2.28. The topological polar surface area (TPSA) is 125 Å². The molecule has 10 heteroatoms. The summed E-state index contributed by atoms with van der Waals surface area (Å²) in [4.78, 5) is 32.8. The van der Waals surface area contributed by atoms with Crippen molar-refractivity contribution in [2.45, 2.75) is 12.5 Å². The first kappa shape index (κ1) is 17.9. The third kappa shape index (κ3) is 3.79. The lowest BCUT2D eigenvalue weighted by atomic mass is 10.1. The molecule has 2 aromatic heterocycles. The van der Waals surface area contributed by atoms with Crippen molar-refractivity contribution in [1.29, 1.82) is 0 Å². The first-order valence-corrected chi connectivity index (χ1v) is 8.92. The van der Waals surface area contributed by atoms with Gasteiger partial charge in [0.25, 0.3) is 5.91 Å². The normalized spacial score (nSPS) is 15.8. The van der Waals surface area contributed by atoms with Crippen molar-refractivity contribution in [1.82, 2.24) is 25.5 Å². The summed E-state index contributed by atoms with van der Waals surface area (Å²) in [5.41, 5.74) is 2.39. The molecule has 4 N–H and O–H groups in total. The van der Waals surface area contributed by atoms with Crippen LogP contribution in [0, 0.1) is 0 Å². The lowest BCUT2D eigenvalue weighted by molar-refractivity contribution is -0.117. The van der Waals surface area contributed by atoms with E-state index in [2.05, 4.69) is 36.1 Å². The van der Waals surface area contributed by atoms with Gasteiger partial charge in [-0.25, -0.2) is 9.97 Å². The molecule has 4 rings (SSSR count). The van der Waals surface area contributed by atoms with Crippen LogP contribution in [-0.4, -0.2) is 44.6 Å². The number of rotatable bonds is 4. The minimum atomic E-state index is -0.827. The van der Waals surface area contributed by atoms with E-state index in [0.29, 0.717) is 12.2 Å². The lowest BCUT2D eigenvalue weighted by Crippen LogP contribution is -2.46. The van der Waals surface area contributed by atoms with E-state index in [-0.39, 0.29) is 23.1 Å². The van der Waals surface area contributed by atoms with Crippen LogP contribution in [0.3, 0.4) is 0 Å². The van der Waals surface area contributed by atoms with Gasteiger partial charge in [0, 0.05) is 18.7 Å². The fraction of sp³-hybridized carbons (Fsp3) is 0.167. The number of benzene rings is 1. The number of carbonyl (C=O) groups excluding carboxylic acids is 2. The number of H-pyrrole nitrogens is 1. The van der Waals surface area contributed by atoms with Crippen LogP contribution < -0.4 is 16.0 Å². The summed E-state index contributed by atoms with van der Waals surface area (Å²) in [7, 11) is 0. The molecule has 0 radical (unpaired) electrons. The van der Waals surface area contributed by atoms with Crippen molar-refractivity contribution < 1.29 is 9.59 Å². The highest BCUT2D eigenvalue weighted by Crippen LogP contribution is 2.27. The van der Waals surface area contributed by atoms with Gasteiger partial charge in [-0.1, -0.05) is 41.9 Å². The number of halogens is 1. The van der Waals surface area contributed by atoms with Gasteiger partial charge < -0.3 is 16.0 Å². The van der Waals surface area contributed by atoms with Gasteiger partial charge in [0.2, 0.25) is 5.91 Å². The van der Waals surface area contributed by atoms with Crippen LogP contribution in [0.5, 0.6) is 0 Å². The Balaban J connectivity index is 1.43. The Labute approximate surface area is 164 Å². The van der Waals surface area contributed by atoms with Gasteiger partial charge in [-0.3, -0.25) is 14.7 Å². The molecule has 9 nitrogen and oxygen atoms in total. The van der Waals surface area contributed by atoms with E-state index >= 15 is 0 Å². The number of hydrogen-bond donors (Lipinski definition) is 4. The molecule has 28 heavy (non-hydrogen) atoms. The summed E-state index contributed by atoms with van der Waals surface area (Å²) in [5, 5.41) is 15.3. The van der Waals surface area contributed by atoms with Gasteiger partial charge in [0.1, 0.15) is 23.8 Å². The van der Waals surface area contributed by atoms with E-state index in [9.17, 15) is 9.59 Å². The van der Waals surface area contributed by atoms with E-state index in [1.165, 1.54) is 6.33 Å². The molecular formula is C18H16ClN7O2. The molecule has 0 saturated carbocycles.